The number of nitrogens with one attached hydrogen (secondary N) is 2. The molecule has 0 bridgehead atoms. The molecule has 0 aliphatic heterocycles. The Balaban J connectivity index is 1.84. The second kappa shape index (κ2) is 13.0. The number of carboxylic acids is 1. The molecule has 0 aliphatic carbocycles. The summed E-state index contributed by atoms with van der Waals surface area (Å²) in [7, 11) is 0. The highest BCUT2D eigenvalue weighted by Gasteiger charge is 2.20. The topological polar surface area (TPSA) is 181 Å². The van der Waals surface area contributed by atoms with Crippen LogP contribution in [-0.2, 0) is 38.6 Å². The fourth-order valence-corrected chi connectivity index (χ4v) is 3.77. The van der Waals surface area contributed by atoms with Gasteiger partial charge in [0.15, 0.2) is 0 Å². The quantitative estimate of drug-likeness (QED) is 0.218. The van der Waals surface area contributed by atoms with E-state index in [2.05, 4.69) is 10.6 Å². The maximum atomic E-state index is 13.3. The van der Waals surface area contributed by atoms with Crippen LogP contribution in [0.5, 0.6) is 5.75 Å². The number of rotatable bonds is 12. The summed E-state index contributed by atoms with van der Waals surface area (Å²) in [6.07, 6.45) is 0.164. The van der Waals surface area contributed by atoms with Crippen LogP contribution in [0.3, 0.4) is 0 Å². The molecule has 3 rings (SSSR count). The molecule has 1 heterocycles. The summed E-state index contributed by atoms with van der Waals surface area (Å²) < 4.78 is 1.16. The zero-order valence-electron chi connectivity index (χ0n) is 20.4. The maximum Gasteiger partial charge on any atom is 0.305 e. The Morgan fingerprint density at radius 3 is 2.29 bits per heavy atom. The smallest absolute Gasteiger partial charge is 0.305 e. The van der Waals surface area contributed by atoms with E-state index in [0.29, 0.717) is 24.0 Å². The van der Waals surface area contributed by atoms with Gasteiger partial charge in [-0.05, 0) is 41.8 Å². The van der Waals surface area contributed by atoms with E-state index >= 15 is 0 Å². The Labute approximate surface area is 217 Å². The first-order valence-electron chi connectivity index (χ1n) is 11.7. The van der Waals surface area contributed by atoms with E-state index in [1.54, 1.807) is 18.2 Å². The lowest BCUT2D eigenvalue weighted by molar-refractivity contribution is -0.138. The Kier molecular flexibility index (Phi) is 9.49. The van der Waals surface area contributed by atoms with Crippen molar-refractivity contribution in [2.24, 2.45) is 5.73 Å². The monoisotopic (exact) mass is 520 g/mol. The molecule has 2 aromatic carbocycles. The van der Waals surface area contributed by atoms with Crippen LogP contribution < -0.4 is 21.9 Å². The van der Waals surface area contributed by atoms with Gasteiger partial charge in [0.2, 0.25) is 11.8 Å². The number of carbonyl (C=O) groups excluding carboxylic acids is 3. The van der Waals surface area contributed by atoms with Gasteiger partial charge < -0.3 is 35.9 Å². The summed E-state index contributed by atoms with van der Waals surface area (Å²) in [4.78, 5) is 60.8. The first-order valence-corrected chi connectivity index (χ1v) is 11.7. The van der Waals surface area contributed by atoms with Crippen molar-refractivity contribution >= 4 is 29.8 Å². The van der Waals surface area contributed by atoms with Crippen molar-refractivity contribution in [1.82, 2.24) is 9.88 Å². The molecule has 0 saturated heterocycles. The van der Waals surface area contributed by atoms with Gasteiger partial charge >= 0.3 is 5.97 Å². The fourth-order valence-electron chi connectivity index (χ4n) is 3.77. The highest BCUT2D eigenvalue weighted by molar-refractivity contribution is 5.94. The van der Waals surface area contributed by atoms with Gasteiger partial charge in [0, 0.05) is 12.1 Å². The lowest BCUT2D eigenvalue weighted by atomic mass is 10.1. The van der Waals surface area contributed by atoms with Crippen molar-refractivity contribution in [3.05, 3.63) is 93.9 Å². The average Bonchev–Trinajstić information content (AvgIpc) is 2.89. The summed E-state index contributed by atoms with van der Waals surface area (Å²) >= 11 is 0. The molecule has 0 spiro atoms. The summed E-state index contributed by atoms with van der Waals surface area (Å²) in [5.74, 6) is -2.55. The predicted molar refractivity (Wildman–Crippen MR) is 139 cm³/mol. The van der Waals surface area contributed by atoms with E-state index in [4.69, 9.17) is 10.8 Å². The number of aldehydes is 1. The molecule has 0 aliphatic rings. The molecule has 0 saturated carbocycles. The van der Waals surface area contributed by atoms with Crippen molar-refractivity contribution in [3.63, 3.8) is 0 Å². The third-order valence-electron chi connectivity index (χ3n) is 5.69. The first-order chi connectivity index (χ1) is 18.2. The van der Waals surface area contributed by atoms with Gasteiger partial charge in [-0.3, -0.25) is 19.2 Å². The number of pyridine rings is 1. The lowest BCUT2D eigenvalue weighted by Gasteiger charge is -2.17. The number of nitrogens with two attached hydrogens (primary N) is 1. The van der Waals surface area contributed by atoms with E-state index in [0.717, 1.165) is 10.1 Å². The number of benzene rings is 2. The number of carboxylic acid groups (broad SMARTS) is 1. The molecule has 2 atom stereocenters. The SMILES string of the molecule is N[C@@H](Cc1ccc(O)cc1)C(=O)Nc1ccc(Cc2ccccc2)n(CC(=O)N[C@H](C=O)CC(=O)O)c1=O. The Morgan fingerprint density at radius 1 is 0.974 bits per heavy atom. The molecule has 1 aromatic heterocycles. The minimum atomic E-state index is -1.27. The molecule has 38 heavy (non-hydrogen) atoms. The Bertz CT molecular complexity index is 1350. The normalized spacial score (nSPS) is 12.2. The summed E-state index contributed by atoms with van der Waals surface area (Å²) in [5.41, 5.74) is 7.29. The number of phenolic OH excluding ortho intramolecular Hbond substituents is 1. The van der Waals surface area contributed by atoms with Crippen molar-refractivity contribution in [1.29, 1.82) is 0 Å². The molecule has 11 heteroatoms. The van der Waals surface area contributed by atoms with E-state index in [1.807, 2.05) is 30.3 Å². The van der Waals surface area contributed by atoms with Gasteiger partial charge in [0.05, 0.1) is 18.5 Å². The second-order valence-electron chi connectivity index (χ2n) is 8.67. The van der Waals surface area contributed by atoms with Crippen LogP contribution in [-0.4, -0.2) is 50.9 Å². The van der Waals surface area contributed by atoms with Crippen molar-refractivity contribution < 1.29 is 29.4 Å². The zero-order valence-corrected chi connectivity index (χ0v) is 20.4. The van der Waals surface area contributed by atoms with Crippen LogP contribution in [0.25, 0.3) is 0 Å². The number of aromatic nitrogens is 1. The van der Waals surface area contributed by atoms with Gasteiger partial charge in [0.25, 0.3) is 5.56 Å². The van der Waals surface area contributed by atoms with Gasteiger partial charge in [-0.2, -0.15) is 0 Å². The van der Waals surface area contributed by atoms with Crippen molar-refractivity contribution in [2.75, 3.05) is 5.32 Å². The van der Waals surface area contributed by atoms with Gasteiger partial charge in [0.1, 0.15) is 24.3 Å². The van der Waals surface area contributed by atoms with Crippen LogP contribution in [0.15, 0.2) is 71.5 Å². The number of hydrogen-bond donors (Lipinski definition) is 5. The molecule has 6 N–H and O–H groups in total. The minimum absolute atomic E-state index is 0.0781. The van der Waals surface area contributed by atoms with E-state index < -0.39 is 48.4 Å². The number of hydrogen-bond acceptors (Lipinski definition) is 7. The molecule has 2 amide bonds. The summed E-state index contributed by atoms with van der Waals surface area (Å²) in [6.45, 7) is -0.506. The molecule has 198 valence electrons. The highest BCUT2D eigenvalue weighted by atomic mass is 16.4. The summed E-state index contributed by atoms with van der Waals surface area (Å²) in [6, 6.07) is 16.2. The van der Waals surface area contributed by atoms with E-state index in [9.17, 15) is 29.1 Å². The standard InChI is InChI=1S/C27H28N4O7/c28-22(13-18-6-9-21(33)10-7-18)26(37)30-23-11-8-20(12-17-4-2-1-3-5-17)31(27(23)38)15-24(34)29-19(16-32)14-25(35)36/h1-11,16,19,22,33H,12-15,28H2,(H,29,34)(H,30,37)(H,35,36)/t19-,22-/m0/s1. The number of carbonyl (C=O) groups is 4. The van der Waals surface area contributed by atoms with Crippen LogP contribution in [0.2, 0.25) is 0 Å². The Morgan fingerprint density at radius 2 is 1.66 bits per heavy atom. The van der Waals surface area contributed by atoms with E-state index in [-0.39, 0.29) is 17.9 Å². The van der Waals surface area contributed by atoms with Crippen LogP contribution in [0.4, 0.5) is 5.69 Å². The molecule has 3 aromatic rings. The van der Waals surface area contributed by atoms with Crippen LogP contribution >= 0.6 is 0 Å². The Hall–Kier alpha value is -4.77. The van der Waals surface area contributed by atoms with Crippen LogP contribution in [0.1, 0.15) is 23.2 Å². The average molecular weight is 521 g/mol. The third kappa shape index (κ3) is 7.87. The predicted octanol–water partition coefficient (Wildman–Crippen LogP) is 0.812. The second-order valence-corrected chi connectivity index (χ2v) is 8.67. The number of anilines is 1. The first kappa shape index (κ1) is 27.8. The van der Waals surface area contributed by atoms with E-state index in [1.165, 1.54) is 18.2 Å². The molecule has 11 nitrogen and oxygen atoms in total. The molecular weight excluding hydrogens is 492 g/mol. The molecular formula is C27H28N4O7. The van der Waals surface area contributed by atoms with Gasteiger partial charge in [-0.25, -0.2) is 0 Å². The fraction of sp³-hybridized carbons (Fsp3) is 0.222. The molecule has 0 radical (unpaired) electrons. The third-order valence-corrected chi connectivity index (χ3v) is 5.69. The number of phenols is 1. The highest BCUT2D eigenvalue weighted by Crippen LogP contribution is 2.13. The zero-order chi connectivity index (χ0) is 27.7. The largest absolute Gasteiger partial charge is 0.508 e. The summed E-state index contributed by atoms with van der Waals surface area (Å²) in [5, 5.41) is 23.1. The number of aromatic hydroxyl groups is 1. The number of aliphatic carboxylic acids is 1. The maximum absolute atomic E-state index is 13.3. The molecule has 0 fully saturated rings. The number of amides is 2. The van der Waals surface area contributed by atoms with Gasteiger partial charge in [-0.15, -0.1) is 0 Å². The lowest BCUT2D eigenvalue weighted by Crippen LogP contribution is -2.42. The van der Waals surface area contributed by atoms with Crippen molar-refractivity contribution in [3.8, 4) is 5.75 Å². The minimum Gasteiger partial charge on any atom is -0.508 e. The number of nitrogens with zero attached hydrogens (tertiary/aromatic N) is 1. The molecule has 0 unspecified atom stereocenters. The van der Waals surface area contributed by atoms with Gasteiger partial charge in [-0.1, -0.05) is 42.5 Å². The van der Waals surface area contributed by atoms with Crippen molar-refractivity contribution in [2.45, 2.75) is 37.9 Å². The van der Waals surface area contributed by atoms with Crippen LogP contribution in [0, 0.1) is 0 Å².